The molecule has 0 saturated carbocycles. The van der Waals surface area contributed by atoms with E-state index < -0.39 is 5.60 Å². The highest BCUT2D eigenvalue weighted by Gasteiger charge is 2.27. The minimum atomic E-state index is -0.463. The Kier molecular flexibility index (Phi) is 5.44. The number of nitrogens with zero attached hydrogens (tertiary/aromatic N) is 1. The Morgan fingerprint density at radius 2 is 1.90 bits per heavy atom. The molecular weight excluding hydrogens is 272 g/mol. The Balaban J connectivity index is 1.84. The maximum atomic E-state index is 9.97. The molecule has 0 amide bonds. The number of hydrogen-bond acceptors (Lipinski definition) is 3. The van der Waals surface area contributed by atoms with Gasteiger partial charge in [-0.05, 0) is 57.5 Å². The average molecular weight is 297 g/mol. The van der Waals surface area contributed by atoms with E-state index >= 15 is 0 Å². The maximum Gasteiger partial charge on any atom is 0.0644 e. The Morgan fingerprint density at radius 1 is 1.30 bits per heavy atom. The van der Waals surface area contributed by atoms with E-state index in [9.17, 15) is 5.11 Å². The van der Waals surface area contributed by atoms with Crippen molar-refractivity contribution in [3.8, 4) is 0 Å². The first-order valence-electron chi connectivity index (χ1n) is 7.38. The van der Waals surface area contributed by atoms with Crippen molar-refractivity contribution in [2.45, 2.75) is 37.8 Å². The summed E-state index contributed by atoms with van der Waals surface area (Å²) in [7, 11) is 2.00. The topological polar surface area (TPSA) is 35.5 Å². The number of rotatable bonds is 5. The van der Waals surface area contributed by atoms with Gasteiger partial charge in [-0.15, -0.1) is 0 Å². The zero-order valence-electron chi connectivity index (χ0n) is 12.4. The lowest BCUT2D eigenvalue weighted by atomic mass is 9.93. The lowest BCUT2D eigenvalue weighted by molar-refractivity contribution is -0.00593. The summed E-state index contributed by atoms with van der Waals surface area (Å²) >= 11 is 5.93. The largest absolute Gasteiger partial charge is 0.390 e. The lowest BCUT2D eigenvalue weighted by Crippen LogP contribution is -2.43. The molecule has 1 heterocycles. The number of benzene rings is 1. The highest BCUT2D eigenvalue weighted by Crippen LogP contribution is 2.23. The normalized spacial score (nSPS) is 20.8. The van der Waals surface area contributed by atoms with Gasteiger partial charge >= 0.3 is 0 Å². The third kappa shape index (κ3) is 4.45. The zero-order chi connectivity index (χ0) is 14.6. The van der Waals surface area contributed by atoms with E-state index in [1.807, 2.05) is 26.1 Å². The SMILES string of the molecule is CNC(CCN1CCC(C)(O)CC1)c1ccc(Cl)cc1. The zero-order valence-corrected chi connectivity index (χ0v) is 13.2. The number of aliphatic hydroxyl groups is 1. The van der Waals surface area contributed by atoms with Gasteiger partial charge in [0.15, 0.2) is 0 Å². The smallest absolute Gasteiger partial charge is 0.0644 e. The third-order valence-corrected chi connectivity index (χ3v) is 4.54. The van der Waals surface area contributed by atoms with Crippen LogP contribution in [0.1, 0.15) is 37.8 Å². The third-order valence-electron chi connectivity index (χ3n) is 4.29. The molecular formula is C16H25ClN2O. The predicted molar refractivity (Wildman–Crippen MR) is 84.2 cm³/mol. The number of hydrogen-bond donors (Lipinski definition) is 2. The second kappa shape index (κ2) is 6.90. The fraction of sp³-hybridized carbons (Fsp3) is 0.625. The van der Waals surface area contributed by atoms with Crippen LogP contribution in [0.15, 0.2) is 24.3 Å². The lowest BCUT2D eigenvalue weighted by Gasteiger charge is -2.36. The van der Waals surface area contributed by atoms with E-state index in [0.717, 1.165) is 43.9 Å². The molecule has 0 aromatic heterocycles. The van der Waals surface area contributed by atoms with Crippen LogP contribution in [0.3, 0.4) is 0 Å². The summed E-state index contributed by atoms with van der Waals surface area (Å²) in [5, 5.41) is 14.1. The van der Waals surface area contributed by atoms with Gasteiger partial charge in [0.25, 0.3) is 0 Å². The molecule has 1 aliphatic rings. The Morgan fingerprint density at radius 3 is 2.45 bits per heavy atom. The van der Waals surface area contributed by atoms with Gasteiger partial charge in [-0.1, -0.05) is 23.7 Å². The molecule has 1 fully saturated rings. The van der Waals surface area contributed by atoms with Crippen molar-refractivity contribution in [1.29, 1.82) is 0 Å². The summed E-state index contributed by atoms with van der Waals surface area (Å²) in [6, 6.07) is 8.42. The number of halogens is 1. The van der Waals surface area contributed by atoms with Gasteiger partial charge in [0.1, 0.15) is 0 Å². The van der Waals surface area contributed by atoms with Crippen molar-refractivity contribution in [1.82, 2.24) is 10.2 Å². The van der Waals surface area contributed by atoms with Gasteiger partial charge in [-0.2, -0.15) is 0 Å². The van der Waals surface area contributed by atoms with E-state index in [2.05, 4.69) is 22.3 Å². The van der Waals surface area contributed by atoms with Gasteiger partial charge in [0.2, 0.25) is 0 Å². The van der Waals surface area contributed by atoms with Crippen molar-refractivity contribution in [3.05, 3.63) is 34.9 Å². The highest BCUT2D eigenvalue weighted by atomic mass is 35.5. The number of nitrogens with one attached hydrogen (secondary N) is 1. The van der Waals surface area contributed by atoms with Crippen LogP contribution in [0.4, 0.5) is 0 Å². The molecule has 112 valence electrons. The fourth-order valence-electron chi connectivity index (χ4n) is 2.74. The average Bonchev–Trinajstić information content (AvgIpc) is 2.43. The van der Waals surface area contributed by atoms with Gasteiger partial charge in [0, 0.05) is 24.2 Å². The number of piperidine rings is 1. The van der Waals surface area contributed by atoms with E-state index in [-0.39, 0.29) is 0 Å². The van der Waals surface area contributed by atoms with E-state index in [4.69, 9.17) is 11.6 Å². The summed E-state index contributed by atoms with van der Waals surface area (Å²) in [6.07, 6.45) is 2.82. The quantitative estimate of drug-likeness (QED) is 0.877. The van der Waals surface area contributed by atoms with Crippen molar-refractivity contribution in [2.75, 3.05) is 26.7 Å². The summed E-state index contributed by atoms with van der Waals surface area (Å²) in [5.41, 5.74) is 0.815. The first-order valence-corrected chi connectivity index (χ1v) is 7.75. The standard InChI is InChI=1S/C16H25ClN2O/c1-16(20)8-11-19(12-9-16)10-7-15(18-2)13-3-5-14(17)6-4-13/h3-6,15,18,20H,7-12H2,1-2H3. The van der Waals surface area contributed by atoms with Crippen LogP contribution in [0.2, 0.25) is 5.02 Å². The monoisotopic (exact) mass is 296 g/mol. The molecule has 0 spiro atoms. The molecule has 2 N–H and O–H groups in total. The Labute approximate surface area is 126 Å². The predicted octanol–water partition coefficient (Wildman–Crippen LogP) is 2.84. The molecule has 4 heteroatoms. The minimum Gasteiger partial charge on any atom is -0.390 e. The molecule has 1 saturated heterocycles. The summed E-state index contributed by atoms with van der Waals surface area (Å²) < 4.78 is 0. The molecule has 1 aliphatic heterocycles. The van der Waals surface area contributed by atoms with Crippen LogP contribution in [0.25, 0.3) is 0 Å². The molecule has 0 aliphatic carbocycles. The molecule has 1 aromatic rings. The van der Waals surface area contributed by atoms with Gasteiger partial charge in [-0.3, -0.25) is 0 Å². The molecule has 3 nitrogen and oxygen atoms in total. The molecule has 1 unspecified atom stereocenters. The van der Waals surface area contributed by atoms with E-state index in [1.165, 1.54) is 5.56 Å². The van der Waals surface area contributed by atoms with Crippen molar-refractivity contribution >= 4 is 11.6 Å². The molecule has 2 rings (SSSR count). The van der Waals surface area contributed by atoms with Crippen molar-refractivity contribution in [3.63, 3.8) is 0 Å². The second-order valence-corrected chi connectivity index (χ2v) is 6.46. The minimum absolute atomic E-state index is 0.356. The van der Waals surface area contributed by atoms with Crippen molar-refractivity contribution in [2.24, 2.45) is 0 Å². The molecule has 1 aromatic carbocycles. The van der Waals surface area contributed by atoms with Gasteiger partial charge in [-0.25, -0.2) is 0 Å². The highest BCUT2D eigenvalue weighted by molar-refractivity contribution is 6.30. The van der Waals surface area contributed by atoms with Crippen LogP contribution < -0.4 is 5.32 Å². The molecule has 0 bridgehead atoms. The van der Waals surface area contributed by atoms with Gasteiger partial charge in [0.05, 0.1) is 5.60 Å². The van der Waals surface area contributed by atoms with Crippen LogP contribution in [0, 0.1) is 0 Å². The van der Waals surface area contributed by atoms with Crippen LogP contribution in [-0.2, 0) is 0 Å². The molecule has 1 atom stereocenters. The van der Waals surface area contributed by atoms with Crippen LogP contribution in [0.5, 0.6) is 0 Å². The maximum absolute atomic E-state index is 9.97. The first kappa shape index (κ1) is 15.8. The number of likely N-dealkylation sites (tertiary alicyclic amines) is 1. The Bertz CT molecular complexity index is 409. The van der Waals surface area contributed by atoms with Crippen molar-refractivity contribution < 1.29 is 5.11 Å². The fourth-order valence-corrected chi connectivity index (χ4v) is 2.87. The Hall–Kier alpha value is -0.610. The molecule has 0 radical (unpaired) electrons. The van der Waals surface area contributed by atoms with E-state index in [1.54, 1.807) is 0 Å². The summed E-state index contributed by atoms with van der Waals surface area (Å²) in [4.78, 5) is 2.44. The summed E-state index contributed by atoms with van der Waals surface area (Å²) in [6.45, 7) is 4.98. The van der Waals surface area contributed by atoms with Crippen LogP contribution >= 0.6 is 11.6 Å². The second-order valence-electron chi connectivity index (χ2n) is 6.02. The first-order chi connectivity index (χ1) is 9.50. The van der Waals surface area contributed by atoms with Gasteiger partial charge < -0.3 is 15.3 Å². The summed E-state index contributed by atoms with van der Waals surface area (Å²) in [5.74, 6) is 0. The van der Waals surface area contributed by atoms with Crippen LogP contribution in [-0.4, -0.2) is 42.3 Å². The molecule has 20 heavy (non-hydrogen) atoms. The van der Waals surface area contributed by atoms with E-state index in [0.29, 0.717) is 6.04 Å².